The van der Waals surface area contributed by atoms with Gasteiger partial charge in [0.1, 0.15) is 6.04 Å². The number of rotatable bonds is 7. The number of hydrogen-bond acceptors (Lipinski definition) is 4. The smallest absolute Gasteiger partial charge is 0.323 e. The van der Waals surface area contributed by atoms with Gasteiger partial charge in [0, 0.05) is 20.7 Å². The van der Waals surface area contributed by atoms with Gasteiger partial charge >= 0.3 is 5.97 Å². The van der Waals surface area contributed by atoms with Crippen LogP contribution >= 0.6 is 0 Å². The summed E-state index contributed by atoms with van der Waals surface area (Å²) in [6, 6.07) is -1.41. The van der Waals surface area contributed by atoms with Crippen molar-refractivity contribution in [2.45, 2.75) is 25.9 Å². The summed E-state index contributed by atoms with van der Waals surface area (Å²) in [5, 5.41) is 11.6. The summed E-state index contributed by atoms with van der Waals surface area (Å²) in [5.41, 5.74) is 0. The summed E-state index contributed by atoms with van der Waals surface area (Å²) in [6.07, 6.45) is 0. The van der Waals surface area contributed by atoms with Crippen LogP contribution in [0.25, 0.3) is 0 Å². The van der Waals surface area contributed by atoms with Crippen LogP contribution in [0.15, 0.2) is 0 Å². The van der Waals surface area contributed by atoms with Crippen molar-refractivity contribution < 1.29 is 19.4 Å². The van der Waals surface area contributed by atoms with Crippen molar-refractivity contribution in [1.29, 1.82) is 0 Å². The summed E-state index contributed by atoms with van der Waals surface area (Å²) < 4.78 is 4.76. The molecule has 1 amide bonds. The third-order valence-corrected chi connectivity index (χ3v) is 2.30. The molecular formula is C10H20N2O4. The number of carbonyl (C=O) groups excluding carboxylic acids is 1. The molecule has 0 fully saturated rings. The zero-order chi connectivity index (χ0) is 12.7. The number of carbonyl (C=O) groups is 2. The molecule has 0 rings (SSSR count). The van der Waals surface area contributed by atoms with Gasteiger partial charge in [0.25, 0.3) is 0 Å². The third kappa shape index (κ3) is 4.59. The Bertz CT molecular complexity index is 245. The van der Waals surface area contributed by atoms with Crippen LogP contribution in [0.1, 0.15) is 13.8 Å². The first kappa shape index (κ1) is 14.9. The van der Waals surface area contributed by atoms with Gasteiger partial charge in [-0.25, -0.2) is 0 Å². The molecule has 0 saturated heterocycles. The molecule has 2 N–H and O–H groups in total. The van der Waals surface area contributed by atoms with Gasteiger partial charge in [-0.2, -0.15) is 0 Å². The minimum atomic E-state index is -1.03. The van der Waals surface area contributed by atoms with Crippen molar-refractivity contribution in [2.24, 2.45) is 0 Å². The SMILES string of the molecule is CCN(C)C(=O)C(C)NC(COC)C(=O)O. The molecule has 0 heterocycles. The molecule has 16 heavy (non-hydrogen) atoms. The predicted octanol–water partition coefficient (Wildman–Crippen LogP) is -0.458. The number of amides is 1. The number of carboxylic acid groups (broad SMARTS) is 1. The van der Waals surface area contributed by atoms with E-state index in [4.69, 9.17) is 9.84 Å². The van der Waals surface area contributed by atoms with Crippen molar-refractivity contribution in [1.82, 2.24) is 10.2 Å². The molecule has 6 nitrogen and oxygen atoms in total. The number of ether oxygens (including phenoxy) is 1. The highest BCUT2D eigenvalue weighted by Crippen LogP contribution is 1.95. The Kier molecular flexibility index (Phi) is 6.67. The van der Waals surface area contributed by atoms with Crippen molar-refractivity contribution >= 4 is 11.9 Å². The highest BCUT2D eigenvalue weighted by molar-refractivity contribution is 5.82. The Balaban J connectivity index is 4.33. The van der Waals surface area contributed by atoms with Gasteiger partial charge in [-0.15, -0.1) is 0 Å². The summed E-state index contributed by atoms with van der Waals surface area (Å²) in [5.74, 6) is -1.16. The standard InChI is InChI=1S/C10H20N2O4/c1-5-12(3)9(13)7(2)11-8(6-16-4)10(14)15/h7-8,11H,5-6H2,1-4H3,(H,14,15). The largest absolute Gasteiger partial charge is 0.480 e. The summed E-state index contributed by atoms with van der Waals surface area (Å²) in [6.45, 7) is 4.12. The fraction of sp³-hybridized carbons (Fsp3) is 0.800. The van der Waals surface area contributed by atoms with Gasteiger partial charge in [0.05, 0.1) is 12.6 Å². The molecule has 0 aliphatic rings. The normalized spacial score (nSPS) is 14.2. The minimum Gasteiger partial charge on any atom is -0.480 e. The van der Waals surface area contributed by atoms with Gasteiger partial charge < -0.3 is 14.7 Å². The van der Waals surface area contributed by atoms with E-state index in [0.29, 0.717) is 6.54 Å². The summed E-state index contributed by atoms with van der Waals surface area (Å²) in [4.78, 5) is 24.0. The van der Waals surface area contributed by atoms with Crippen LogP contribution in [0.5, 0.6) is 0 Å². The van der Waals surface area contributed by atoms with Crippen LogP contribution in [-0.2, 0) is 14.3 Å². The number of nitrogens with one attached hydrogen (secondary N) is 1. The quantitative estimate of drug-likeness (QED) is 0.621. The molecule has 0 radical (unpaired) electrons. The topological polar surface area (TPSA) is 78.9 Å². The fourth-order valence-corrected chi connectivity index (χ4v) is 1.22. The Morgan fingerprint density at radius 3 is 2.44 bits per heavy atom. The second kappa shape index (κ2) is 7.19. The molecule has 0 aliphatic heterocycles. The lowest BCUT2D eigenvalue weighted by Gasteiger charge is -2.23. The zero-order valence-corrected chi connectivity index (χ0v) is 10.2. The van der Waals surface area contributed by atoms with E-state index in [0.717, 1.165) is 0 Å². The molecule has 2 unspecified atom stereocenters. The Morgan fingerprint density at radius 2 is 2.06 bits per heavy atom. The summed E-state index contributed by atoms with van der Waals surface area (Å²) in [7, 11) is 3.09. The highest BCUT2D eigenvalue weighted by Gasteiger charge is 2.24. The lowest BCUT2D eigenvalue weighted by molar-refractivity contribution is -0.141. The Labute approximate surface area is 95.6 Å². The Morgan fingerprint density at radius 1 is 1.50 bits per heavy atom. The van der Waals surface area contributed by atoms with E-state index in [1.54, 1.807) is 14.0 Å². The average molecular weight is 232 g/mol. The van der Waals surface area contributed by atoms with Crippen molar-refractivity contribution in [3.63, 3.8) is 0 Å². The molecule has 0 aromatic carbocycles. The van der Waals surface area contributed by atoms with E-state index in [1.165, 1.54) is 12.0 Å². The molecule has 94 valence electrons. The minimum absolute atomic E-state index is 0.0305. The van der Waals surface area contributed by atoms with Crippen LogP contribution in [0.3, 0.4) is 0 Å². The second-order valence-electron chi connectivity index (χ2n) is 3.59. The second-order valence-corrected chi connectivity index (χ2v) is 3.59. The lowest BCUT2D eigenvalue weighted by atomic mass is 10.2. The van der Waals surface area contributed by atoms with Crippen LogP contribution in [-0.4, -0.2) is 61.3 Å². The van der Waals surface area contributed by atoms with Crippen LogP contribution in [0.2, 0.25) is 0 Å². The molecular weight excluding hydrogens is 212 g/mol. The third-order valence-electron chi connectivity index (χ3n) is 2.30. The highest BCUT2D eigenvalue weighted by atomic mass is 16.5. The zero-order valence-electron chi connectivity index (χ0n) is 10.2. The number of carboxylic acids is 1. The van der Waals surface area contributed by atoms with Gasteiger partial charge in [-0.3, -0.25) is 14.9 Å². The van der Waals surface area contributed by atoms with Crippen LogP contribution in [0.4, 0.5) is 0 Å². The molecule has 2 atom stereocenters. The maximum atomic E-state index is 11.7. The Hall–Kier alpha value is -1.14. The lowest BCUT2D eigenvalue weighted by Crippen LogP contribution is -2.51. The van der Waals surface area contributed by atoms with Crippen molar-refractivity contribution in [2.75, 3.05) is 27.3 Å². The molecule has 0 aliphatic carbocycles. The predicted molar refractivity (Wildman–Crippen MR) is 59.2 cm³/mol. The molecule has 0 aromatic heterocycles. The number of aliphatic carboxylic acids is 1. The van der Waals surface area contributed by atoms with Crippen LogP contribution < -0.4 is 5.32 Å². The van der Waals surface area contributed by atoms with E-state index >= 15 is 0 Å². The maximum Gasteiger partial charge on any atom is 0.323 e. The van der Waals surface area contributed by atoms with Gasteiger partial charge in [-0.05, 0) is 13.8 Å². The van der Waals surface area contributed by atoms with E-state index in [1.807, 2.05) is 6.92 Å². The van der Waals surface area contributed by atoms with Gasteiger partial charge in [0.2, 0.25) is 5.91 Å². The first-order chi connectivity index (χ1) is 7.43. The number of hydrogen-bond donors (Lipinski definition) is 2. The number of likely N-dealkylation sites (N-methyl/N-ethyl adjacent to an activating group) is 1. The number of methoxy groups -OCH3 is 1. The van der Waals surface area contributed by atoms with Crippen LogP contribution in [0, 0.1) is 0 Å². The molecule has 0 aromatic rings. The first-order valence-corrected chi connectivity index (χ1v) is 5.16. The maximum absolute atomic E-state index is 11.7. The first-order valence-electron chi connectivity index (χ1n) is 5.16. The molecule has 6 heteroatoms. The van der Waals surface area contributed by atoms with E-state index in [2.05, 4.69) is 5.32 Å². The van der Waals surface area contributed by atoms with E-state index in [9.17, 15) is 9.59 Å². The van der Waals surface area contributed by atoms with Crippen molar-refractivity contribution in [3.05, 3.63) is 0 Å². The van der Waals surface area contributed by atoms with E-state index < -0.39 is 18.1 Å². The van der Waals surface area contributed by atoms with Crippen molar-refractivity contribution in [3.8, 4) is 0 Å². The molecule has 0 spiro atoms. The monoisotopic (exact) mass is 232 g/mol. The number of nitrogens with zero attached hydrogens (tertiary/aromatic N) is 1. The fourth-order valence-electron chi connectivity index (χ4n) is 1.22. The van der Waals surface area contributed by atoms with Gasteiger partial charge in [-0.1, -0.05) is 0 Å². The molecule has 0 bridgehead atoms. The van der Waals surface area contributed by atoms with Gasteiger partial charge in [0.15, 0.2) is 0 Å². The van der Waals surface area contributed by atoms with E-state index in [-0.39, 0.29) is 12.5 Å². The summed E-state index contributed by atoms with van der Waals surface area (Å²) >= 11 is 0. The molecule has 0 saturated carbocycles. The average Bonchev–Trinajstić information content (AvgIpc) is 2.25.